The molecular weight excluding hydrogens is 404 g/mol. The quantitative estimate of drug-likeness (QED) is 0.611. The highest BCUT2D eigenvalue weighted by Crippen LogP contribution is 2.37. The summed E-state index contributed by atoms with van der Waals surface area (Å²) in [7, 11) is -3.40. The molecule has 2 aromatic rings. The molecule has 0 spiro atoms. The molecule has 1 aliphatic heterocycles. The predicted octanol–water partition coefficient (Wildman–Crippen LogP) is 3.20. The highest BCUT2D eigenvalue weighted by Gasteiger charge is 2.28. The number of carboxylic acid groups (broad SMARTS) is 1. The second-order valence-electron chi connectivity index (χ2n) is 7.70. The summed E-state index contributed by atoms with van der Waals surface area (Å²) in [4.78, 5) is 27.4. The van der Waals surface area contributed by atoms with Gasteiger partial charge in [-0.2, -0.15) is 0 Å². The molecule has 7 nitrogen and oxygen atoms in total. The van der Waals surface area contributed by atoms with Gasteiger partial charge in [0, 0.05) is 29.1 Å². The predicted molar refractivity (Wildman–Crippen MR) is 114 cm³/mol. The Balaban J connectivity index is 1.81. The van der Waals surface area contributed by atoms with Crippen molar-refractivity contribution in [2.45, 2.75) is 50.3 Å². The summed E-state index contributed by atoms with van der Waals surface area (Å²) >= 11 is 0. The number of sulfone groups is 1. The number of aryl methyl sites for hydroxylation is 1. The molecule has 2 heterocycles. The molecule has 0 fully saturated rings. The molecule has 0 radical (unpaired) electrons. The smallest absolute Gasteiger partial charge is 0.303 e. The zero-order chi connectivity index (χ0) is 21.5. The first kappa shape index (κ1) is 20.4. The Labute approximate surface area is 175 Å². The van der Waals surface area contributed by atoms with E-state index in [4.69, 9.17) is 5.11 Å². The number of fused-ring (bicyclic) bond motifs is 2. The van der Waals surface area contributed by atoms with Crippen LogP contribution in [0.3, 0.4) is 0 Å². The number of anilines is 1. The number of hydrogen-bond acceptors (Lipinski definition) is 4. The Morgan fingerprint density at radius 2 is 2.00 bits per heavy atom. The second kappa shape index (κ2) is 7.75. The third-order valence-electron chi connectivity index (χ3n) is 5.83. The van der Waals surface area contributed by atoms with Crippen LogP contribution in [-0.4, -0.2) is 36.1 Å². The number of aliphatic carboxylic acids is 1. The van der Waals surface area contributed by atoms with Crippen LogP contribution in [0.25, 0.3) is 11.6 Å². The Morgan fingerprint density at radius 1 is 1.23 bits per heavy atom. The number of hydrogen-bond donors (Lipinski definition) is 3. The number of carboxylic acids is 1. The van der Waals surface area contributed by atoms with Gasteiger partial charge < -0.3 is 15.4 Å². The van der Waals surface area contributed by atoms with E-state index in [2.05, 4.69) is 10.3 Å². The van der Waals surface area contributed by atoms with Crippen LogP contribution in [0.4, 0.5) is 5.69 Å². The van der Waals surface area contributed by atoms with Gasteiger partial charge in [-0.1, -0.05) is 6.92 Å². The molecule has 1 aromatic carbocycles. The molecule has 0 atom stereocenters. The molecule has 4 rings (SSSR count). The average molecular weight is 429 g/mol. The van der Waals surface area contributed by atoms with Gasteiger partial charge in [0.15, 0.2) is 9.84 Å². The fourth-order valence-corrected chi connectivity index (χ4v) is 5.14. The van der Waals surface area contributed by atoms with Gasteiger partial charge in [0.1, 0.15) is 0 Å². The minimum atomic E-state index is -3.40. The van der Waals surface area contributed by atoms with E-state index in [1.165, 1.54) is 12.1 Å². The van der Waals surface area contributed by atoms with Crippen LogP contribution in [0.2, 0.25) is 0 Å². The summed E-state index contributed by atoms with van der Waals surface area (Å²) in [6, 6.07) is 4.66. The van der Waals surface area contributed by atoms with Crippen LogP contribution in [0.5, 0.6) is 0 Å². The van der Waals surface area contributed by atoms with Crippen LogP contribution >= 0.6 is 0 Å². The lowest BCUT2D eigenvalue weighted by atomic mass is 9.92. The molecule has 0 saturated heterocycles. The normalized spacial score (nSPS) is 17.0. The largest absolute Gasteiger partial charge is 0.481 e. The van der Waals surface area contributed by atoms with Crippen LogP contribution in [0.1, 0.15) is 54.3 Å². The van der Waals surface area contributed by atoms with Gasteiger partial charge in [-0.25, -0.2) is 8.42 Å². The molecule has 0 bridgehead atoms. The average Bonchev–Trinajstić information content (AvgIpc) is 3.23. The molecule has 3 N–H and O–H groups in total. The number of amides is 1. The molecule has 0 saturated carbocycles. The highest BCUT2D eigenvalue weighted by atomic mass is 32.2. The van der Waals surface area contributed by atoms with E-state index in [-0.39, 0.29) is 23.0 Å². The number of aromatic nitrogens is 1. The van der Waals surface area contributed by atoms with Gasteiger partial charge in [-0.15, -0.1) is 0 Å². The Kier molecular flexibility index (Phi) is 5.27. The van der Waals surface area contributed by atoms with Crippen molar-refractivity contribution in [3.8, 4) is 0 Å². The lowest BCUT2D eigenvalue weighted by Crippen LogP contribution is -2.05. The fourth-order valence-electron chi connectivity index (χ4n) is 4.23. The maximum atomic E-state index is 12.6. The van der Waals surface area contributed by atoms with E-state index in [0.29, 0.717) is 23.2 Å². The number of rotatable bonds is 6. The van der Waals surface area contributed by atoms with Gasteiger partial charge >= 0.3 is 5.97 Å². The van der Waals surface area contributed by atoms with E-state index >= 15 is 0 Å². The standard InChI is InChI=1S/C22H24N2O5S/c1-2-30(28,29)13-7-9-19-16(11-13)17(22(27)24-19)12-20-15(8-10-21(25)26)14-5-3-4-6-18(14)23-20/h7,9,11-12,23H,2-6,8,10H2,1H3,(H,24,27)(H,25,26)/b17-12-. The van der Waals surface area contributed by atoms with Crippen molar-refractivity contribution >= 4 is 39.1 Å². The maximum Gasteiger partial charge on any atom is 0.303 e. The minimum absolute atomic E-state index is 0.0160. The molecule has 2 aliphatic rings. The fraction of sp³-hybridized carbons (Fsp3) is 0.364. The number of aromatic amines is 1. The Morgan fingerprint density at radius 3 is 2.73 bits per heavy atom. The molecule has 8 heteroatoms. The molecule has 1 amide bonds. The first-order valence-electron chi connectivity index (χ1n) is 10.1. The lowest BCUT2D eigenvalue weighted by Gasteiger charge is -2.12. The zero-order valence-corrected chi connectivity index (χ0v) is 17.6. The molecule has 30 heavy (non-hydrogen) atoms. The highest BCUT2D eigenvalue weighted by molar-refractivity contribution is 7.91. The van der Waals surface area contributed by atoms with Gasteiger partial charge in [0.2, 0.25) is 0 Å². The van der Waals surface area contributed by atoms with Crippen molar-refractivity contribution in [3.63, 3.8) is 0 Å². The van der Waals surface area contributed by atoms with Crippen molar-refractivity contribution in [1.82, 2.24) is 4.98 Å². The molecular formula is C22H24N2O5S. The topological polar surface area (TPSA) is 116 Å². The summed E-state index contributed by atoms with van der Waals surface area (Å²) in [6.07, 6.45) is 6.07. The third kappa shape index (κ3) is 3.67. The minimum Gasteiger partial charge on any atom is -0.481 e. The SMILES string of the molecule is CCS(=O)(=O)c1ccc2c(c1)/C(=C/c1[nH]c3c(c1CCC(=O)O)CCCC3)C(=O)N2. The summed E-state index contributed by atoms with van der Waals surface area (Å²) < 4.78 is 24.6. The number of benzene rings is 1. The van der Waals surface area contributed by atoms with E-state index in [9.17, 15) is 18.0 Å². The zero-order valence-electron chi connectivity index (χ0n) is 16.7. The van der Waals surface area contributed by atoms with Crippen molar-refractivity contribution < 1.29 is 23.1 Å². The number of H-pyrrole nitrogens is 1. The lowest BCUT2D eigenvalue weighted by molar-refractivity contribution is -0.137. The van der Waals surface area contributed by atoms with E-state index in [0.717, 1.165) is 48.2 Å². The van der Waals surface area contributed by atoms with Gasteiger partial charge in [-0.05, 0) is 67.5 Å². The van der Waals surface area contributed by atoms with Crippen molar-refractivity contribution in [2.75, 3.05) is 11.1 Å². The number of nitrogens with one attached hydrogen (secondary N) is 2. The van der Waals surface area contributed by atoms with Crippen molar-refractivity contribution in [2.24, 2.45) is 0 Å². The molecule has 1 aliphatic carbocycles. The molecule has 158 valence electrons. The maximum absolute atomic E-state index is 12.6. The number of carbonyl (C=O) groups excluding carboxylic acids is 1. The van der Waals surface area contributed by atoms with Crippen LogP contribution in [0, 0.1) is 0 Å². The van der Waals surface area contributed by atoms with Crippen LogP contribution in [-0.2, 0) is 38.7 Å². The van der Waals surface area contributed by atoms with Gasteiger partial charge in [0.25, 0.3) is 5.91 Å². The summed E-state index contributed by atoms with van der Waals surface area (Å²) in [6.45, 7) is 1.58. The van der Waals surface area contributed by atoms with Gasteiger partial charge in [-0.3, -0.25) is 9.59 Å². The van der Waals surface area contributed by atoms with Crippen molar-refractivity contribution in [1.29, 1.82) is 0 Å². The van der Waals surface area contributed by atoms with E-state index < -0.39 is 15.8 Å². The Bertz CT molecular complexity index is 1170. The van der Waals surface area contributed by atoms with E-state index in [1.807, 2.05) is 0 Å². The van der Waals surface area contributed by atoms with E-state index in [1.54, 1.807) is 19.1 Å². The summed E-state index contributed by atoms with van der Waals surface area (Å²) in [5.41, 5.74) is 5.46. The summed E-state index contributed by atoms with van der Waals surface area (Å²) in [5.74, 6) is -1.18. The molecule has 1 aromatic heterocycles. The van der Waals surface area contributed by atoms with Gasteiger partial charge in [0.05, 0.1) is 16.2 Å². The van der Waals surface area contributed by atoms with Crippen molar-refractivity contribution in [3.05, 3.63) is 46.3 Å². The monoisotopic (exact) mass is 428 g/mol. The number of carbonyl (C=O) groups is 2. The first-order valence-corrected chi connectivity index (χ1v) is 11.8. The second-order valence-corrected chi connectivity index (χ2v) is 9.98. The molecule has 0 unspecified atom stereocenters. The summed E-state index contributed by atoms with van der Waals surface area (Å²) in [5, 5.41) is 11.9. The van der Waals surface area contributed by atoms with Crippen LogP contribution < -0.4 is 5.32 Å². The third-order valence-corrected chi connectivity index (χ3v) is 7.57. The first-order chi connectivity index (χ1) is 14.3. The van der Waals surface area contributed by atoms with Crippen LogP contribution in [0.15, 0.2) is 23.1 Å². The Hall–Kier alpha value is -2.87.